The Kier molecular flexibility index (Phi) is 2.40. The van der Waals surface area contributed by atoms with Crippen molar-refractivity contribution >= 4 is 5.82 Å². The topological polar surface area (TPSA) is 73.2 Å². The summed E-state index contributed by atoms with van der Waals surface area (Å²) in [7, 11) is 0. The predicted octanol–water partition coefficient (Wildman–Crippen LogP) is 2.05. The standard InChI is InChI=1S/C13H15N3O2/c1-7-5-9(10-6-15-16-13(10)14)12-11(8(7)2)17-3-4-18-12/h5-6H,3-4H2,1-2H3,(H3,14,15,16). The Labute approximate surface area is 105 Å². The van der Waals surface area contributed by atoms with E-state index < -0.39 is 0 Å². The van der Waals surface area contributed by atoms with Crippen LogP contribution in [-0.2, 0) is 0 Å². The summed E-state index contributed by atoms with van der Waals surface area (Å²) in [6.07, 6.45) is 1.71. The number of fused-ring (bicyclic) bond motifs is 1. The Bertz CT molecular complexity index is 605. The first-order valence-corrected chi connectivity index (χ1v) is 5.87. The number of aryl methyl sites for hydroxylation is 1. The first-order chi connectivity index (χ1) is 8.68. The summed E-state index contributed by atoms with van der Waals surface area (Å²) < 4.78 is 11.5. The number of aromatic nitrogens is 2. The maximum Gasteiger partial charge on any atom is 0.169 e. The number of benzene rings is 1. The van der Waals surface area contributed by atoms with Gasteiger partial charge >= 0.3 is 0 Å². The van der Waals surface area contributed by atoms with E-state index in [0.29, 0.717) is 19.0 Å². The van der Waals surface area contributed by atoms with Crippen LogP contribution in [0.1, 0.15) is 11.1 Å². The van der Waals surface area contributed by atoms with Gasteiger partial charge in [-0.1, -0.05) is 0 Å². The summed E-state index contributed by atoms with van der Waals surface area (Å²) >= 11 is 0. The number of H-pyrrole nitrogens is 1. The third kappa shape index (κ3) is 1.51. The molecule has 0 atom stereocenters. The second kappa shape index (κ2) is 3.94. The van der Waals surface area contributed by atoms with Gasteiger partial charge in [0, 0.05) is 11.1 Å². The number of nitrogen functional groups attached to an aromatic ring is 1. The number of hydrogen-bond donors (Lipinski definition) is 2. The number of nitrogens with two attached hydrogens (primary N) is 1. The van der Waals surface area contributed by atoms with Crippen molar-refractivity contribution < 1.29 is 9.47 Å². The van der Waals surface area contributed by atoms with Gasteiger partial charge in [-0.2, -0.15) is 5.10 Å². The molecule has 1 aromatic carbocycles. The summed E-state index contributed by atoms with van der Waals surface area (Å²) in [6.45, 7) is 5.22. The van der Waals surface area contributed by atoms with Crippen molar-refractivity contribution in [2.45, 2.75) is 13.8 Å². The molecule has 0 bridgehead atoms. The lowest BCUT2D eigenvalue weighted by molar-refractivity contribution is 0.171. The van der Waals surface area contributed by atoms with Gasteiger partial charge in [0.05, 0.1) is 6.20 Å². The Hall–Kier alpha value is -2.17. The van der Waals surface area contributed by atoms with E-state index in [0.717, 1.165) is 33.8 Å². The number of nitrogens with one attached hydrogen (secondary N) is 1. The molecule has 18 heavy (non-hydrogen) atoms. The van der Waals surface area contributed by atoms with Crippen molar-refractivity contribution in [1.82, 2.24) is 10.2 Å². The monoisotopic (exact) mass is 245 g/mol. The number of ether oxygens (including phenoxy) is 2. The molecule has 0 amide bonds. The predicted molar refractivity (Wildman–Crippen MR) is 68.9 cm³/mol. The largest absolute Gasteiger partial charge is 0.486 e. The van der Waals surface area contributed by atoms with Crippen LogP contribution in [-0.4, -0.2) is 23.4 Å². The molecule has 5 heteroatoms. The fourth-order valence-corrected chi connectivity index (χ4v) is 2.18. The molecule has 0 unspecified atom stereocenters. The molecule has 3 N–H and O–H groups in total. The van der Waals surface area contributed by atoms with Crippen molar-refractivity contribution in [2.24, 2.45) is 0 Å². The lowest BCUT2D eigenvalue weighted by Gasteiger charge is -2.24. The fraction of sp³-hybridized carbons (Fsp3) is 0.308. The highest BCUT2D eigenvalue weighted by Gasteiger charge is 2.22. The van der Waals surface area contributed by atoms with E-state index in [2.05, 4.69) is 16.3 Å². The molecule has 2 aromatic rings. The molecule has 3 rings (SSSR count). The maximum atomic E-state index is 5.88. The van der Waals surface area contributed by atoms with E-state index in [1.807, 2.05) is 13.8 Å². The van der Waals surface area contributed by atoms with E-state index in [9.17, 15) is 0 Å². The third-order valence-corrected chi connectivity index (χ3v) is 3.28. The van der Waals surface area contributed by atoms with Crippen LogP contribution < -0.4 is 15.2 Å². The molecule has 2 heterocycles. The van der Waals surface area contributed by atoms with E-state index >= 15 is 0 Å². The highest BCUT2D eigenvalue weighted by atomic mass is 16.6. The van der Waals surface area contributed by atoms with Crippen LogP contribution in [0.2, 0.25) is 0 Å². The fourth-order valence-electron chi connectivity index (χ4n) is 2.18. The second-order valence-corrected chi connectivity index (χ2v) is 4.42. The molecule has 0 aliphatic carbocycles. The number of nitrogens with zero attached hydrogens (tertiary/aromatic N) is 1. The quantitative estimate of drug-likeness (QED) is 0.806. The molecular weight excluding hydrogens is 230 g/mol. The Balaban J connectivity index is 2.27. The molecule has 0 fully saturated rings. The van der Waals surface area contributed by atoms with E-state index in [1.165, 1.54) is 0 Å². The molecular formula is C13H15N3O2. The minimum absolute atomic E-state index is 0.537. The van der Waals surface area contributed by atoms with Crippen LogP contribution >= 0.6 is 0 Å². The van der Waals surface area contributed by atoms with Crippen LogP contribution in [0.3, 0.4) is 0 Å². The number of aromatic amines is 1. The normalized spacial score (nSPS) is 13.7. The minimum atomic E-state index is 0.537. The first-order valence-electron chi connectivity index (χ1n) is 5.87. The smallest absolute Gasteiger partial charge is 0.169 e. The summed E-state index contributed by atoms with van der Waals surface area (Å²) in [5.74, 6) is 2.11. The lowest BCUT2D eigenvalue weighted by Crippen LogP contribution is -2.17. The molecule has 0 saturated carbocycles. The second-order valence-electron chi connectivity index (χ2n) is 4.42. The Morgan fingerprint density at radius 2 is 1.89 bits per heavy atom. The van der Waals surface area contributed by atoms with Crippen LogP contribution in [0.4, 0.5) is 5.82 Å². The van der Waals surface area contributed by atoms with Gasteiger partial charge in [-0.3, -0.25) is 5.10 Å². The minimum Gasteiger partial charge on any atom is -0.486 e. The summed E-state index contributed by atoms with van der Waals surface area (Å²) in [6, 6.07) is 2.06. The van der Waals surface area contributed by atoms with Crippen LogP contribution in [0.15, 0.2) is 12.3 Å². The zero-order valence-corrected chi connectivity index (χ0v) is 10.4. The van der Waals surface area contributed by atoms with Crippen molar-refractivity contribution in [3.8, 4) is 22.6 Å². The average molecular weight is 245 g/mol. The van der Waals surface area contributed by atoms with Gasteiger partial charge < -0.3 is 15.2 Å². The number of hydrogen-bond acceptors (Lipinski definition) is 4. The highest BCUT2D eigenvalue weighted by molar-refractivity contribution is 5.82. The number of rotatable bonds is 1. The Morgan fingerprint density at radius 1 is 1.17 bits per heavy atom. The molecule has 1 aromatic heterocycles. The van der Waals surface area contributed by atoms with Gasteiger partial charge in [0.25, 0.3) is 0 Å². The number of anilines is 1. The van der Waals surface area contributed by atoms with Crippen molar-refractivity contribution in [3.63, 3.8) is 0 Å². The molecule has 0 radical (unpaired) electrons. The van der Waals surface area contributed by atoms with Crippen LogP contribution in [0.25, 0.3) is 11.1 Å². The first kappa shape index (κ1) is 11.0. The van der Waals surface area contributed by atoms with E-state index in [1.54, 1.807) is 6.20 Å². The summed E-state index contributed by atoms with van der Waals surface area (Å²) in [4.78, 5) is 0. The van der Waals surface area contributed by atoms with Crippen molar-refractivity contribution in [2.75, 3.05) is 18.9 Å². The van der Waals surface area contributed by atoms with Gasteiger partial charge in [0.1, 0.15) is 19.0 Å². The van der Waals surface area contributed by atoms with Gasteiger partial charge in [0.15, 0.2) is 11.5 Å². The van der Waals surface area contributed by atoms with Crippen LogP contribution in [0, 0.1) is 13.8 Å². The SMILES string of the molecule is Cc1cc(-c2cn[nH]c2N)c2c(c1C)OCCO2. The summed E-state index contributed by atoms with van der Waals surface area (Å²) in [5.41, 5.74) is 9.91. The van der Waals surface area contributed by atoms with Crippen LogP contribution in [0.5, 0.6) is 11.5 Å². The van der Waals surface area contributed by atoms with Gasteiger partial charge in [-0.15, -0.1) is 0 Å². The Morgan fingerprint density at radius 3 is 2.56 bits per heavy atom. The van der Waals surface area contributed by atoms with E-state index in [4.69, 9.17) is 15.2 Å². The molecule has 1 aliphatic heterocycles. The van der Waals surface area contributed by atoms with Gasteiger partial charge in [-0.25, -0.2) is 0 Å². The van der Waals surface area contributed by atoms with Gasteiger partial charge in [0.2, 0.25) is 0 Å². The molecule has 0 spiro atoms. The summed E-state index contributed by atoms with van der Waals surface area (Å²) in [5, 5.41) is 6.69. The lowest BCUT2D eigenvalue weighted by atomic mass is 9.99. The van der Waals surface area contributed by atoms with E-state index in [-0.39, 0.29) is 0 Å². The molecule has 5 nitrogen and oxygen atoms in total. The van der Waals surface area contributed by atoms with Crippen molar-refractivity contribution in [1.29, 1.82) is 0 Å². The molecule has 94 valence electrons. The average Bonchev–Trinajstić information content (AvgIpc) is 2.80. The maximum absolute atomic E-state index is 5.88. The highest BCUT2D eigenvalue weighted by Crippen LogP contribution is 2.44. The zero-order valence-electron chi connectivity index (χ0n) is 10.4. The molecule has 0 saturated heterocycles. The van der Waals surface area contributed by atoms with Gasteiger partial charge in [-0.05, 0) is 31.0 Å². The third-order valence-electron chi connectivity index (χ3n) is 3.28. The molecule has 1 aliphatic rings. The zero-order chi connectivity index (χ0) is 12.7. The van der Waals surface area contributed by atoms with Crippen molar-refractivity contribution in [3.05, 3.63) is 23.4 Å².